The average molecular weight is 430 g/mol. The molecular formula is C20H22N4O5S. The van der Waals surface area contributed by atoms with Gasteiger partial charge in [0.05, 0.1) is 25.1 Å². The van der Waals surface area contributed by atoms with Gasteiger partial charge in [0.25, 0.3) is 0 Å². The van der Waals surface area contributed by atoms with Crippen LogP contribution in [0.5, 0.6) is 5.75 Å². The minimum absolute atomic E-state index is 0.0186. The Labute approximate surface area is 174 Å². The highest BCUT2D eigenvalue weighted by atomic mass is 32.2. The lowest BCUT2D eigenvalue weighted by Crippen LogP contribution is -2.40. The Bertz CT molecular complexity index is 1100. The number of hydrogen-bond acceptors (Lipinski definition) is 7. The lowest BCUT2D eigenvalue weighted by molar-refractivity contribution is -0.119. The molecule has 0 spiro atoms. The second-order valence-electron chi connectivity index (χ2n) is 6.35. The summed E-state index contributed by atoms with van der Waals surface area (Å²) in [4.78, 5) is 16.6. The molecule has 0 bridgehead atoms. The van der Waals surface area contributed by atoms with Crippen LogP contribution < -0.4 is 14.4 Å². The van der Waals surface area contributed by atoms with Crippen molar-refractivity contribution in [2.24, 2.45) is 0 Å². The summed E-state index contributed by atoms with van der Waals surface area (Å²) in [5.41, 5.74) is 1.12. The molecule has 10 heteroatoms. The SMILES string of the molecule is CCOc1cccc(N(CC(=O)NCc2nc(-c3ccccc3)no2)S(C)(=O)=O)c1. The van der Waals surface area contributed by atoms with Gasteiger partial charge in [-0.05, 0) is 19.1 Å². The fourth-order valence-electron chi connectivity index (χ4n) is 2.69. The number of benzene rings is 2. The monoisotopic (exact) mass is 430 g/mol. The predicted octanol–water partition coefficient (Wildman–Crippen LogP) is 2.22. The van der Waals surface area contributed by atoms with Gasteiger partial charge < -0.3 is 14.6 Å². The van der Waals surface area contributed by atoms with Crippen molar-refractivity contribution < 1.29 is 22.5 Å². The van der Waals surface area contributed by atoms with Crippen LogP contribution in [0.25, 0.3) is 11.4 Å². The van der Waals surface area contributed by atoms with Gasteiger partial charge in [-0.15, -0.1) is 0 Å². The first-order valence-corrected chi connectivity index (χ1v) is 11.1. The zero-order valence-corrected chi connectivity index (χ0v) is 17.4. The Kier molecular flexibility index (Phi) is 6.68. The number of anilines is 1. The van der Waals surface area contributed by atoms with Crippen LogP contribution in [-0.4, -0.2) is 43.9 Å². The number of amides is 1. The first-order chi connectivity index (χ1) is 14.4. The second kappa shape index (κ2) is 9.40. The van der Waals surface area contributed by atoms with E-state index in [-0.39, 0.29) is 12.4 Å². The van der Waals surface area contributed by atoms with Crippen molar-refractivity contribution in [3.8, 4) is 17.1 Å². The normalized spacial score (nSPS) is 11.1. The number of carbonyl (C=O) groups excluding carboxylic acids is 1. The minimum atomic E-state index is -3.69. The summed E-state index contributed by atoms with van der Waals surface area (Å²) in [6, 6.07) is 15.8. The maximum absolute atomic E-state index is 12.4. The molecule has 1 N–H and O–H groups in total. The van der Waals surface area contributed by atoms with Gasteiger partial charge in [0.1, 0.15) is 12.3 Å². The van der Waals surface area contributed by atoms with Crippen molar-refractivity contribution in [2.45, 2.75) is 13.5 Å². The molecule has 0 aliphatic heterocycles. The molecular weight excluding hydrogens is 408 g/mol. The van der Waals surface area contributed by atoms with E-state index in [4.69, 9.17) is 9.26 Å². The highest BCUT2D eigenvalue weighted by Gasteiger charge is 2.21. The molecule has 0 saturated heterocycles. The van der Waals surface area contributed by atoms with E-state index < -0.39 is 22.5 Å². The van der Waals surface area contributed by atoms with E-state index in [0.29, 0.717) is 23.9 Å². The summed E-state index contributed by atoms with van der Waals surface area (Å²) in [7, 11) is -3.69. The van der Waals surface area contributed by atoms with E-state index in [1.807, 2.05) is 37.3 Å². The smallest absolute Gasteiger partial charge is 0.246 e. The molecule has 3 aromatic rings. The molecule has 0 saturated carbocycles. The lowest BCUT2D eigenvalue weighted by atomic mass is 10.2. The summed E-state index contributed by atoms with van der Waals surface area (Å²) in [6.07, 6.45) is 1.04. The zero-order valence-electron chi connectivity index (χ0n) is 16.6. The van der Waals surface area contributed by atoms with E-state index in [1.165, 1.54) is 0 Å². The highest BCUT2D eigenvalue weighted by molar-refractivity contribution is 7.92. The molecule has 0 unspecified atom stereocenters. The van der Waals surface area contributed by atoms with E-state index in [0.717, 1.165) is 16.1 Å². The van der Waals surface area contributed by atoms with Crippen molar-refractivity contribution in [3.63, 3.8) is 0 Å². The van der Waals surface area contributed by atoms with Crippen molar-refractivity contribution >= 4 is 21.6 Å². The van der Waals surface area contributed by atoms with Gasteiger partial charge in [0, 0.05) is 11.6 Å². The highest BCUT2D eigenvalue weighted by Crippen LogP contribution is 2.23. The Balaban J connectivity index is 1.66. The van der Waals surface area contributed by atoms with Crippen molar-refractivity contribution in [2.75, 3.05) is 23.7 Å². The Morgan fingerprint density at radius 2 is 1.93 bits per heavy atom. The van der Waals surface area contributed by atoms with E-state index >= 15 is 0 Å². The topological polar surface area (TPSA) is 115 Å². The van der Waals surface area contributed by atoms with Gasteiger partial charge in [0.2, 0.25) is 27.6 Å². The molecule has 1 amide bonds. The fraction of sp³-hybridized carbons (Fsp3) is 0.250. The van der Waals surface area contributed by atoms with Gasteiger partial charge in [-0.3, -0.25) is 9.10 Å². The number of nitrogens with zero attached hydrogens (tertiary/aromatic N) is 3. The first-order valence-electron chi connectivity index (χ1n) is 9.22. The summed E-state index contributed by atoms with van der Waals surface area (Å²) in [5, 5.41) is 6.49. The van der Waals surface area contributed by atoms with Crippen LogP contribution in [0, 0.1) is 0 Å². The summed E-state index contributed by atoms with van der Waals surface area (Å²) < 4.78 is 36.0. The van der Waals surface area contributed by atoms with Crippen molar-refractivity contribution in [1.29, 1.82) is 0 Å². The summed E-state index contributed by atoms with van der Waals surface area (Å²) >= 11 is 0. The van der Waals surface area contributed by atoms with Crippen LogP contribution in [0.2, 0.25) is 0 Å². The molecule has 2 aromatic carbocycles. The Hall–Kier alpha value is -3.40. The van der Waals surface area contributed by atoms with E-state index in [1.54, 1.807) is 24.3 Å². The van der Waals surface area contributed by atoms with Gasteiger partial charge in [-0.25, -0.2) is 8.42 Å². The van der Waals surface area contributed by atoms with Gasteiger partial charge in [0.15, 0.2) is 0 Å². The number of sulfonamides is 1. The summed E-state index contributed by atoms with van der Waals surface area (Å²) in [5.74, 6) is 0.627. The van der Waals surface area contributed by atoms with Crippen molar-refractivity contribution in [1.82, 2.24) is 15.5 Å². The molecule has 1 heterocycles. The number of ether oxygens (including phenoxy) is 1. The molecule has 0 aliphatic carbocycles. The third-order valence-corrected chi connectivity index (χ3v) is 5.18. The second-order valence-corrected chi connectivity index (χ2v) is 8.26. The zero-order chi connectivity index (χ0) is 21.6. The van der Waals surface area contributed by atoms with Crippen LogP contribution in [0.1, 0.15) is 12.8 Å². The Morgan fingerprint density at radius 1 is 1.17 bits per heavy atom. The van der Waals surface area contributed by atoms with Crippen LogP contribution in [0.4, 0.5) is 5.69 Å². The van der Waals surface area contributed by atoms with E-state index in [9.17, 15) is 13.2 Å². The molecule has 3 rings (SSSR count). The van der Waals surface area contributed by atoms with Gasteiger partial charge in [-0.1, -0.05) is 41.6 Å². The number of carbonyl (C=O) groups is 1. The van der Waals surface area contributed by atoms with Gasteiger partial charge in [-0.2, -0.15) is 4.98 Å². The average Bonchev–Trinajstić information content (AvgIpc) is 3.20. The quantitative estimate of drug-likeness (QED) is 0.553. The number of aromatic nitrogens is 2. The maximum Gasteiger partial charge on any atom is 0.246 e. The predicted molar refractivity (Wildman–Crippen MR) is 111 cm³/mol. The summed E-state index contributed by atoms with van der Waals surface area (Å²) in [6.45, 7) is 1.86. The van der Waals surface area contributed by atoms with Crippen LogP contribution in [0.3, 0.4) is 0 Å². The molecule has 0 fully saturated rings. The minimum Gasteiger partial charge on any atom is -0.494 e. The molecule has 1 aromatic heterocycles. The van der Waals surface area contributed by atoms with Crippen LogP contribution in [0.15, 0.2) is 59.1 Å². The number of nitrogens with one attached hydrogen (secondary N) is 1. The molecule has 9 nitrogen and oxygen atoms in total. The number of rotatable bonds is 9. The molecule has 30 heavy (non-hydrogen) atoms. The van der Waals surface area contributed by atoms with Gasteiger partial charge >= 0.3 is 0 Å². The molecule has 158 valence electrons. The van der Waals surface area contributed by atoms with Crippen LogP contribution in [-0.2, 0) is 21.4 Å². The lowest BCUT2D eigenvalue weighted by Gasteiger charge is -2.22. The third-order valence-electron chi connectivity index (χ3n) is 4.04. The molecule has 0 aliphatic rings. The molecule has 0 radical (unpaired) electrons. The van der Waals surface area contributed by atoms with E-state index in [2.05, 4.69) is 15.5 Å². The molecule has 0 atom stereocenters. The maximum atomic E-state index is 12.4. The largest absolute Gasteiger partial charge is 0.494 e. The Morgan fingerprint density at radius 3 is 2.63 bits per heavy atom. The number of hydrogen-bond donors (Lipinski definition) is 1. The van der Waals surface area contributed by atoms with Crippen LogP contribution >= 0.6 is 0 Å². The fourth-order valence-corrected chi connectivity index (χ4v) is 3.54. The van der Waals surface area contributed by atoms with Crippen molar-refractivity contribution in [3.05, 3.63) is 60.5 Å². The third kappa shape index (κ3) is 5.57. The standard InChI is InChI=1S/C20H22N4O5S/c1-3-28-17-11-7-10-16(12-17)24(30(2,26)27)14-18(25)21-13-19-22-20(23-29-19)15-8-5-4-6-9-15/h4-12H,3,13-14H2,1-2H3,(H,21,25). The first kappa shape index (κ1) is 21.3.